The van der Waals surface area contributed by atoms with Gasteiger partial charge in [0.2, 0.25) is 0 Å². The number of carbonyl (C=O) groups is 4. The lowest BCUT2D eigenvalue weighted by atomic mass is 9.64. The number of ether oxygens (including phenoxy) is 1. The lowest BCUT2D eigenvalue weighted by molar-refractivity contribution is -0.150. The van der Waals surface area contributed by atoms with E-state index in [9.17, 15) is 23.6 Å². The first kappa shape index (κ1) is 21.7. The number of urea groups is 1. The van der Waals surface area contributed by atoms with Gasteiger partial charge in [-0.3, -0.25) is 19.3 Å². The van der Waals surface area contributed by atoms with E-state index in [1.807, 2.05) is 6.92 Å². The molecule has 0 radical (unpaired) electrons. The number of amides is 4. The van der Waals surface area contributed by atoms with Crippen molar-refractivity contribution >= 4 is 29.5 Å². The number of benzene rings is 1. The van der Waals surface area contributed by atoms with Gasteiger partial charge in [-0.05, 0) is 54.9 Å². The Morgan fingerprint density at radius 2 is 1.90 bits per heavy atom. The molecular weight excluding hydrogens is 393 g/mol. The summed E-state index contributed by atoms with van der Waals surface area (Å²) in [5, 5.41) is 5.24. The Morgan fingerprint density at radius 3 is 2.53 bits per heavy atom. The maximum absolute atomic E-state index is 13.0. The number of nitrogens with zero attached hydrogens (tertiary/aromatic N) is 1. The van der Waals surface area contributed by atoms with Crippen LogP contribution in [0.2, 0.25) is 0 Å². The third-order valence-electron chi connectivity index (χ3n) is 5.40. The highest BCUT2D eigenvalue weighted by atomic mass is 19.1. The van der Waals surface area contributed by atoms with E-state index in [1.165, 1.54) is 24.3 Å². The average Bonchev–Trinajstić information content (AvgIpc) is 2.83. The summed E-state index contributed by atoms with van der Waals surface area (Å²) >= 11 is 0. The van der Waals surface area contributed by atoms with E-state index in [4.69, 9.17) is 4.74 Å². The molecule has 2 atom stereocenters. The predicted octanol–water partition coefficient (Wildman–Crippen LogP) is 2.44. The third-order valence-corrected chi connectivity index (χ3v) is 5.40. The summed E-state index contributed by atoms with van der Waals surface area (Å²) in [5.74, 6) is -2.11. The molecule has 1 aromatic rings. The lowest BCUT2D eigenvalue weighted by Gasteiger charge is -2.43. The molecule has 2 N–H and O–H groups in total. The summed E-state index contributed by atoms with van der Waals surface area (Å²) in [6.07, 6.45) is 1.97. The number of esters is 1. The van der Waals surface area contributed by atoms with Crippen LogP contribution in [0.5, 0.6) is 0 Å². The highest BCUT2D eigenvalue weighted by Gasteiger charge is 2.56. The summed E-state index contributed by atoms with van der Waals surface area (Å²) in [4.78, 5) is 50.2. The Kier molecular flexibility index (Phi) is 5.83. The molecule has 3 rings (SSSR count). The van der Waals surface area contributed by atoms with Crippen LogP contribution in [0.4, 0.5) is 14.9 Å². The minimum atomic E-state index is -1.00. The zero-order valence-electron chi connectivity index (χ0n) is 17.3. The van der Waals surface area contributed by atoms with Crippen LogP contribution in [-0.4, -0.2) is 47.4 Å². The van der Waals surface area contributed by atoms with Gasteiger partial charge in [-0.25, -0.2) is 9.18 Å². The Hall–Kier alpha value is -2.97. The molecule has 0 unspecified atom stereocenters. The molecule has 8 nitrogen and oxygen atoms in total. The van der Waals surface area contributed by atoms with Crippen LogP contribution in [0.15, 0.2) is 24.3 Å². The summed E-state index contributed by atoms with van der Waals surface area (Å²) in [6, 6.07) is 4.48. The van der Waals surface area contributed by atoms with Gasteiger partial charge < -0.3 is 15.4 Å². The molecule has 4 amide bonds. The molecule has 1 saturated carbocycles. The minimum Gasteiger partial charge on any atom is -0.454 e. The summed E-state index contributed by atoms with van der Waals surface area (Å²) in [6.45, 7) is 5.00. The van der Waals surface area contributed by atoms with Crippen molar-refractivity contribution in [2.75, 3.05) is 18.5 Å². The monoisotopic (exact) mass is 419 g/mol. The summed E-state index contributed by atoms with van der Waals surface area (Å²) < 4.78 is 17.8. The molecule has 1 saturated heterocycles. The SMILES string of the molecule is C[C@H]1CC(C)(C)C[C@@]2(C1)NC(=O)N(CC(=O)OCC(=O)Nc1ccc(F)cc1)C2=O. The summed E-state index contributed by atoms with van der Waals surface area (Å²) in [5.41, 5.74) is -0.767. The van der Waals surface area contributed by atoms with Gasteiger partial charge in [0.15, 0.2) is 6.61 Å². The van der Waals surface area contributed by atoms with E-state index < -0.39 is 48.3 Å². The first-order valence-electron chi connectivity index (χ1n) is 9.85. The number of rotatable bonds is 5. The smallest absolute Gasteiger partial charge is 0.326 e. The number of hydrogen-bond donors (Lipinski definition) is 2. The van der Waals surface area contributed by atoms with Gasteiger partial charge in [0.1, 0.15) is 17.9 Å². The fraction of sp³-hybridized carbons (Fsp3) is 0.524. The van der Waals surface area contributed by atoms with Crippen molar-refractivity contribution in [2.24, 2.45) is 11.3 Å². The Labute approximate surface area is 174 Å². The van der Waals surface area contributed by atoms with Gasteiger partial charge in [-0.2, -0.15) is 0 Å². The van der Waals surface area contributed by atoms with E-state index in [-0.39, 0.29) is 11.3 Å². The van der Waals surface area contributed by atoms with Crippen LogP contribution in [0, 0.1) is 17.2 Å². The summed E-state index contributed by atoms with van der Waals surface area (Å²) in [7, 11) is 0. The molecule has 9 heteroatoms. The number of nitrogens with one attached hydrogen (secondary N) is 2. The van der Waals surface area contributed by atoms with Gasteiger partial charge in [0, 0.05) is 5.69 Å². The zero-order valence-corrected chi connectivity index (χ0v) is 17.3. The van der Waals surface area contributed by atoms with Crippen molar-refractivity contribution in [3.63, 3.8) is 0 Å². The quantitative estimate of drug-likeness (QED) is 0.563. The van der Waals surface area contributed by atoms with Gasteiger partial charge in [0.25, 0.3) is 11.8 Å². The Morgan fingerprint density at radius 1 is 1.23 bits per heavy atom. The molecule has 0 aromatic heterocycles. The van der Waals surface area contributed by atoms with Crippen molar-refractivity contribution in [3.05, 3.63) is 30.1 Å². The fourth-order valence-corrected chi connectivity index (χ4v) is 4.70. The first-order chi connectivity index (χ1) is 14.0. The second-order valence-electron chi connectivity index (χ2n) is 8.97. The van der Waals surface area contributed by atoms with Crippen molar-refractivity contribution in [1.29, 1.82) is 0 Å². The first-order valence-corrected chi connectivity index (χ1v) is 9.85. The number of carbonyl (C=O) groups excluding carboxylic acids is 4. The standard InChI is InChI=1S/C21H26FN3O5/c1-13-8-20(2,3)12-21(9-13)18(28)25(19(29)24-21)10-17(27)30-11-16(26)23-15-6-4-14(22)5-7-15/h4-7,13H,8-12H2,1-3H3,(H,23,26)(H,24,29)/t13-,21+/m0/s1. The number of halogens is 1. The molecule has 1 spiro atoms. The molecule has 2 aliphatic rings. The average molecular weight is 419 g/mol. The molecule has 2 fully saturated rings. The largest absolute Gasteiger partial charge is 0.454 e. The van der Waals surface area contributed by atoms with Crippen LogP contribution in [0.1, 0.15) is 40.0 Å². The minimum absolute atomic E-state index is 0.116. The predicted molar refractivity (Wildman–Crippen MR) is 106 cm³/mol. The zero-order chi connectivity index (χ0) is 22.1. The van der Waals surface area contributed by atoms with Crippen LogP contribution in [0.3, 0.4) is 0 Å². The topological polar surface area (TPSA) is 105 Å². The van der Waals surface area contributed by atoms with E-state index >= 15 is 0 Å². The van der Waals surface area contributed by atoms with Crippen molar-refractivity contribution in [2.45, 2.75) is 45.6 Å². The molecule has 1 aliphatic carbocycles. The molecule has 30 heavy (non-hydrogen) atoms. The van der Waals surface area contributed by atoms with Gasteiger partial charge >= 0.3 is 12.0 Å². The molecule has 0 bridgehead atoms. The molecular formula is C21H26FN3O5. The van der Waals surface area contributed by atoms with Crippen LogP contribution < -0.4 is 10.6 Å². The van der Waals surface area contributed by atoms with E-state index in [0.717, 1.165) is 11.3 Å². The molecule has 162 valence electrons. The fourth-order valence-electron chi connectivity index (χ4n) is 4.70. The van der Waals surface area contributed by atoms with Crippen molar-refractivity contribution in [1.82, 2.24) is 10.2 Å². The number of anilines is 1. The van der Waals surface area contributed by atoms with Gasteiger partial charge in [0.05, 0.1) is 0 Å². The van der Waals surface area contributed by atoms with Crippen molar-refractivity contribution < 1.29 is 28.3 Å². The highest BCUT2D eigenvalue weighted by molar-refractivity contribution is 6.09. The maximum Gasteiger partial charge on any atom is 0.326 e. The van der Waals surface area contributed by atoms with E-state index in [0.29, 0.717) is 18.5 Å². The van der Waals surface area contributed by atoms with Crippen LogP contribution in [0.25, 0.3) is 0 Å². The van der Waals surface area contributed by atoms with Crippen LogP contribution in [-0.2, 0) is 19.1 Å². The normalized spacial score (nSPS) is 25.2. The maximum atomic E-state index is 13.0. The molecule has 1 aromatic carbocycles. The molecule has 1 heterocycles. The number of hydrogen-bond acceptors (Lipinski definition) is 5. The second-order valence-corrected chi connectivity index (χ2v) is 8.97. The lowest BCUT2D eigenvalue weighted by Crippen LogP contribution is -2.54. The Balaban J connectivity index is 1.55. The van der Waals surface area contributed by atoms with E-state index in [1.54, 1.807) is 0 Å². The number of imide groups is 1. The van der Waals surface area contributed by atoms with Gasteiger partial charge in [-0.1, -0.05) is 20.8 Å². The highest BCUT2D eigenvalue weighted by Crippen LogP contribution is 2.46. The molecule has 1 aliphatic heterocycles. The van der Waals surface area contributed by atoms with Crippen molar-refractivity contribution in [3.8, 4) is 0 Å². The Bertz CT molecular complexity index is 870. The second kappa shape index (κ2) is 8.04. The third kappa shape index (κ3) is 4.77. The van der Waals surface area contributed by atoms with E-state index in [2.05, 4.69) is 24.5 Å². The van der Waals surface area contributed by atoms with Gasteiger partial charge in [-0.15, -0.1) is 0 Å². The van der Waals surface area contributed by atoms with Crippen LogP contribution >= 0.6 is 0 Å².